The Labute approximate surface area is 155 Å². The molecule has 0 aromatic carbocycles. The molecule has 2 aromatic rings. The van der Waals surface area contributed by atoms with Crippen molar-refractivity contribution >= 4 is 16.9 Å². The highest BCUT2D eigenvalue weighted by Gasteiger charge is 2.20. The quantitative estimate of drug-likeness (QED) is 0.739. The first-order valence-electron chi connectivity index (χ1n) is 9.12. The number of aromatic nitrogens is 3. The Morgan fingerprint density at radius 1 is 1.44 bits per heavy atom. The van der Waals surface area contributed by atoms with E-state index >= 15 is 0 Å². The number of carbonyl (C=O) groups excluding carboxylic acids is 1. The molecule has 0 bridgehead atoms. The number of hydrogen-bond acceptors (Lipinski definition) is 6. The number of hydrogen-bond donors (Lipinski definition) is 1. The zero-order valence-electron chi connectivity index (χ0n) is 15.6. The number of fused-ring (bicyclic) bond motifs is 1. The number of amides is 1. The molecule has 9 nitrogen and oxygen atoms in total. The van der Waals surface area contributed by atoms with E-state index in [4.69, 9.17) is 9.47 Å². The maximum atomic E-state index is 12.9. The third-order valence-corrected chi connectivity index (χ3v) is 4.50. The van der Waals surface area contributed by atoms with Gasteiger partial charge in [0.25, 0.3) is 5.56 Å². The second kappa shape index (κ2) is 8.34. The van der Waals surface area contributed by atoms with Gasteiger partial charge in [-0.3, -0.25) is 14.2 Å². The lowest BCUT2D eigenvalue weighted by Gasteiger charge is -2.14. The van der Waals surface area contributed by atoms with Crippen LogP contribution in [-0.2, 0) is 23.1 Å². The third-order valence-electron chi connectivity index (χ3n) is 4.50. The highest BCUT2D eigenvalue weighted by molar-refractivity contribution is 5.81. The van der Waals surface area contributed by atoms with Crippen LogP contribution in [0.25, 0.3) is 11.0 Å². The van der Waals surface area contributed by atoms with Crippen LogP contribution < -0.4 is 21.3 Å². The summed E-state index contributed by atoms with van der Waals surface area (Å²) in [5.41, 5.74) is -0.950. The Bertz CT molecular complexity index is 943. The number of rotatable bonds is 7. The minimum atomic E-state index is -0.597. The summed E-state index contributed by atoms with van der Waals surface area (Å²) < 4.78 is 13.3. The molecule has 1 N–H and O–H groups in total. The number of carbonyl (C=O) groups is 1. The molecule has 0 aliphatic carbocycles. The van der Waals surface area contributed by atoms with Gasteiger partial charge in [0.1, 0.15) is 17.7 Å². The molecule has 146 valence electrons. The first-order chi connectivity index (χ1) is 13.0. The smallest absolute Gasteiger partial charge is 0.332 e. The SMILES string of the molecule is CCCOc1ccnc2c1c(=O)n(CC(=O)NC[C@H]1CCCO1)c(=O)n2C. The van der Waals surface area contributed by atoms with E-state index in [2.05, 4.69) is 10.3 Å². The molecule has 27 heavy (non-hydrogen) atoms. The van der Waals surface area contributed by atoms with Crippen molar-refractivity contribution in [1.82, 2.24) is 19.4 Å². The lowest BCUT2D eigenvalue weighted by atomic mass is 10.2. The first-order valence-corrected chi connectivity index (χ1v) is 9.12. The summed E-state index contributed by atoms with van der Waals surface area (Å²) in [5, 5.41) is 2.92. The summed E-state index contributed by atoms with van der Waals surface area (Å²) in [4.78, 5) is 41.9. The van der Waals surface area contributed by atoms with E-state index in [1.807, 2.05) is 6.92 Å². The van der Waals surface area contributed by atoms with Gasteiger partial charge in [0.05, 0.1) is 12.7 Å². The lowest BCUT2D eigenvalue weighted by molar-refractivity contribution is -0.122. The normalized spacial score (nSPS) is 16.6. The highest BCUT2D eigenvalue weighted by Crippen LogP contribution is 2.19. The Hall–Kier alpha value is -2.68. The average molecular weight is 376 g/mol. The first kappa shape index (κ1) is 19.1. The van der Waals surface area contributed by atoms with Crippen molar-refractivity contribution in [3.05, 3.63) is 33.1 Å². The largest absolute Gasteiger partial charge is 0.493 e. The summed E-state index contributed by atoms with van der Waals surface area (Å²) in [7, 11) is 1.52. The van der Waals surface area contributed by atoms with E-state index in [-0.39, 0.29) is 23.7 Å². The van der Waals surface area contributed by atoms with Crippen LogP contribution in [0.3, 0.4) is 0 Å². The maximum absolute atomic E-state index is 12.9. The molecule has 1 atom stereocenters. The number of ether oxygens (including phenoxy) is 2. The van der Waals surface area contributed by atoms with Crippen LogP contribution >= 0.6 is 0 Å². The standard InChI is InChI=1S/C18H24N4O5/c1-3-8-27-13-6-7-19-16-15(13)17(24)22(18(25)21(16)2)11-14(23)20-10-12-5-4-9-26-12/h6-7,12H,3-5,8-11H2,1-2H3,(H,20,23)/t12-/m1/s1. The molecule has 1 aliphatic heterocycles. The third kappa shape index (κ3) is 4.02. The number of aryl methyl sites for hydroxylation is 1. The van der Waals surface area contributed by atoms with E-state index in [0.717, 1.165) is 23.8 Å². The second-order valence-electron chi connectivity index (χ2n) is 6.53. The van der Waals surface area contributed by atoms with Gasteiger partial charge in [0.15, 0.2) is 5.65 Å². The molecular formula is C18H24N4O5. The van der Waals surface area contributed by atoms with Crippen LogP contribution in [0.5, 0.6) is 5.75 Å². The molecule has 0 spiro atoms. The molecule has 3 rings (SSSR count). The van der Waals surface area contributed by atoms with Crippen molar-refractivity contribution < 1.29 is 14.3 Å². The number of pyridine rings is 1. The minimum absolute atomic E-state index is 0.0108. The fraction of sp³-hybridized carbons (Fsp3) is 0.556. The molecular weight excluding hydrogens is 352 g/mol. The zero-order chi connectivity index (χ0) is 19.4. The number of nitrogens with one attached hydrogen (secondary N) is 1. The van der Waals surface area contributed by atoms with Gasteiger partial charge in [0.2, 0.25) is 5.91 Å². The molecule has 1 amide bonds. The Balaban J connectivity index is 1.91. The fourth-order valence-corrected chi connectivity index (χ4v) is 3.09. The van der Waals surface area contributed by atoms with Crippen LogP contribution in [-0.4, -0.2) is 45.9 Å². The molecule has 2 aromatic heterocycles. The Kier molecular flexibility index (Phi) is 5.90. The maximum Gasteiger partial charge on any atom is 0.332 e. The average Bonchev–Trinajstić information content (AvgIpc) is 3.19. The van der Waals surface area contributed by atoms with Crippen molar-refractivity contribution in [2.75, 3.05) is 19.8 Å². The van der Waals surface area contributed by atoms with Gasteiger partial charge in [0, 0.05) is 26.4 Å². The van der Waals surface area contributed by atoms with Crippen molar-refractivity contribution in [1.29, 1.82) is 0 Å². The molecule has 0 saturated carbocycles. The molecule has 0 radical (unpaired) electrons. The molecule has 1 aliphatic rings. The molecule has 1 saturated heterocycles. The van der Waals surface area contributed by atoms with Crippen LogP contribution in [0.2, 0.25) is 0 Å². The summed E-state index contributed by atoms with van der Waals surface area (Å²) in [6.07, 6.45) is 4.11. The van der Waals surface area contributed by atoms with Gasteiger partial charge < -0.3 is 14.8 Å². The van der Waals surface area contributed by atoms with E-state index in [0.29, 0.717) is 25.5 Å². The van der Waals surface area contributed by atoms with Crippen LogP contribution in [0.4, 0.5) is 0 Å². The predicted molar refractivity (Wildman–Crippen MR) is 99.0 cm³/mol. The number of nitrogens with zero attached hydrogens (tertiary/aromatic N) is 3. The van der Waals surface area contributed by atoms with E-state index < -0.39 is 17.2 Å². The molecule has 0 unspecified atom stereocenters. The van der Waals surface area contributed by atoms with Crippen LogP contribution in [0.1, 0.15) is 26.2 Å². The van der Waals surface area contributed by atoms with E-state index in [1.165, 1.54) is 17.8 Å². The predicted octanol–water partition coefficient (Wildman–Crippen LogP) is 0.179. The van der Waals surface area contributed by atoms with Crippen molar-refractivity contribution in [3.63, 3.8) is 0 Å². The van der Waals surface area contributed by atoms with Gasteiger partial charge >= 0.3 is 5.69 Å². The topological polar surface area (TPSA) is 104 Å². The van der Waals surface area contributed by atoms with E-state index in [1.54, 1.807) is 6.07 Å². The van der Waals surface area contributed by atoms with Crippen LogP contribution in [0.15, 0.2) is 21.9 Å². The van der Waals surface area contributed by atoms with Crippen molar-refractivity contribution in [2.24, 2.45) is 7.05 Å². The van der Waals surface area contributed by atoms with Gasteiger partial charge in [-0.2, -0.15) is 0 Å². The van der Waals surface area contributed by atoms with Gasteiger partial charge in [-0.05, 0) is 25.3 Å². The van der Waals surface area contributed by atoms with Crippen molar-refractivity contribution in [2.45, 2.75) is 38.8 Å². The molecule has 9 heteroatoms. The fourth-order valence-electron chi connectivity index (χ4n) is 3.09. The van der Waals surface area contributed by atoms with Crippen molar-refractivity contribution in [3.8, 4) is 5.75 Å². The highest BCUT2D eigenvalue weighted by atomic mass is 16.5. The van der Waals surface area contributed by atoms with Gasteiger partial charge in [-0.15, -0.1) is 0 Å². The van der Waals surface area contributed by atoms with Crippen LogP contribution in [0, 0.1) is 0 Å². The van der Waals surface area contributed by atoms with E-state index in [9.17, 15) is 14.4 Å². The second-order valence-corrected chi connectivity index (χ2v) is 6.53. The minimum Gasteiger partial charge on any atom is -0.493 e. The summed E-state index contributed by atoms with van der Waals surface area (Å²) in [5.74, 6) is -0.0556. The monoisotopic (exact) mass is 376 g/mol. The molecule has 1 fully saturated rings. The lowest BCUT2D eigenvalue weighted by Crippen LogP contribution is -2.44. The Morgan fingerprint density at radius 3 is 2.96 bits per heavy atom. The molecule has 3 heterocycles. The Morgan fingerprint density at radius 2 is 2.26 bits per heavy atom. The zero-order valence-corrected chi connectivity index (χ0v) is 15.6. The summed E-state index contributed by atoms with van der Waals surface area (Å²) in [6, 6.07) is 1.59. The van der Waals surface area contributed by atoms with Gasteiger partial charge in [-0.1, -0.05) is 6.92 Å². The summed E-state index contributed by atoms with van der Waals surface area (Å²) in [6.45, 7) is 3.09. The van der Waals surface area contributed by atoms with Gasteiger partial charge in [-0.25, -0.2) is 14.3 Å². The summed E-state index contributed by atoms with van der Waals surface area (Å²) >= 11 is 0.